The number of nitrogens with zero attached hydrogens (tertiary/aromatic N) is 3. The predicted molar refractivity (Wildman–Crippen MR) is 82.3 cm³/mol. The summed E-state index contributed by atoms with van der Waals surface area (Å²) >= 11 is 0. The Morgan fingerprint density at radius 2 is 2.24 bits per heavy atom. The van der Waals surface area contributed by atoms with Gasteiger partial charge in [0.2, 0.25) is 0 Å². The minimum absolute atomic E-state index is 0.282. The van der Waals surface area contributed by atoms with Gasteiger partial charge < -0.3 is 20.7 Å². The number of likely N-dealkylation sites (N-methyl/N-ethyl adjacent to an activating group) is 1. The number of rotatable bonds is 7. The van der Waals surface area contributed by atoms with E-state index < -0.39 is 5.97 Å². The van der Waals surface area contributed by atoms with Crippen molar-refractivity contribution < 1.29 is 9.53 Å². The molecule has 0 amide bonds. The molecule has 7 nitrogen and oxygen atoms in total. The van der Waals surface area contributed by atoms with Gasteiger partial charge in [-0.15, -0.1) is 0 Å². The maximum Gasteiger partial charge on any atom is 0.345 e. The minimum Gasteiger partial charge on any atom is -0.465 e. The Bertz CT molecular complexity index is 508. The first-order valence-electron chi connectivity index (χ1n) is 7.30. The Kier molecular flexibility index (Phi) is 4.72. The Morgan fingerprint density at radius 3 is 2.76 bits per heavy atom. The minimum atomic E-state index is -0.450. The number of hydrogen-bond acceptors (Lipinski definition) is 6. The molecule has 0 saturated heterocycles. The van der Waals surface area contributed by atoms with Crippen molar-refractivity contribution in [1.82, 2.24) is 14.7 Å². The van der Waals surface area contributed by atoms with Gasteiger partial charge in [-0.1, -0.05) is 0 Å². The highest BCUT2D eigenvalue weighted by Crippen LogP contribution is 2.35. The molecule has 1 fully saturated rings. The van der Waals surface area contributed by atoms with Crippen molar-refractivity contribution in [3.63, 3.8) is 0 Å². The second-order valence-electron chi connectivity index (χ2n) is 5.90. The smallest absolute Gasteiger partial charge is 0.345 e. The van der Waals surface area contributed by atoms with Gasteiger partial charge in [0.05, 0.1) is 13.7 Å². The van der Waals surface area contributed by atoms with E-state index >= 15 is 0 Å². The number of carbonyl (C=O) groups excluding carboxylic acids is 1. The zero-order valence-electron chi connectivity index (χ0n) is 13.2. The number of nitrogen functional groups attached to an aromatic ring is 1. The lowest BCUT2D eigenvalue weighted by Gasteiger charge is -2.12. The van der Waals surface area contributed by atoms with Crippen LogP contribution in [0.5, 0.6) is 0 Å². The third-order valence-corrected chi connectivity index (χ3v) is 3.83. The summed E-state index contributed by atoms with van der Waals surface area (Å²) in [6, 6.07) is 0.282. The number of anilines is 2. The molecule has 7 heteroatoms. The summed E-state index contributed by atoms with van der Waals surface area (Å²) in [5.74, 6) is 1.09. The van der Waals surface area contributed by atoms with Crippen molar-refractivity contribution in [2.75, 3.05) is 38.8 Å². The van der Waals surface area contributed by atoms with E-state index in [0.717, 1.165) is 6.54 Å². The number of hydrogen-bond donors (Lipinski definition) is 2. The molecule has 21 heavy (non-hydrogen) atoms. The number of nitrogens with two attached hydrogens (primary N) is 1. The highest BCUT2D eigenvalue weighted by atomic mass is 16.5. The second kappa shape index (κ2) is 6.34. The molecule has 1 atom stereocenters. The number of ether oxygens (including phenoxy) is 1. The summed E-state index contributed by atoms with van der Waals surface area (Å²) in [6.45, 7) is 3.53. The van der Waals surface area contributed by atoms with E-state index in [2.05, 4.69) is 17.3 Å². The molecule has 0 spiro atoms. The van der Waals surface area contributed by atoms with Crippen LogP contribution in [0.2, 0.25) is 0 Å². The molecule has 0 bridgehead atoms. The lowest BCUT2D eigenvalue weighted by Crippen LogP contribution is -2.20. The first kappa shape index (κ1) is 15.6. The van der Waals surface area contributed by atoms with Crippen molar-refractivity contribution in [2.45, 2.75) is 32.4 Å². The molecule has 0 radical (unpaired) electrons. The van der Waals surface area contributed by atoms with Gasteiger partial charge in [-0.3, -0.25) is 0 Å². The van der Waals surface area contributed by atoms with Crippen LogP contribution in [0.1, 0.15) is 30.1 Å². The third-order valence-electron chi connectivity index (χ3n) is 3.83. The molecule has 1 unspecified atom stereocenters. The zero-order valence-corrected chi connectivity index (χ0v) is 13.2. The first-order valence-corrected chi connectivity index (χ1v) is 7.30. The third kappa shape index (κ3) is 3.66. The van der Waals surface area contributed by atoms with Crippen molar-refractivity contribution in [3.05, 3.63) is 5.56 Å². The fraction of sp³-hybridized carbons (Fsp3) is 0.714. The summed E-state index contributed by atoms with van der Waals surface area (Å²) in [6.07, 6.45) is 2.44. The maximum atomic E-state index is 12.0. The fourth-order valence-electron chi connectivity index (χ4n) is 2.27. The van der Waals surface area contributed by atoms with Crippen molar-refractivity contribution >= 4 is 17.6 Å². The molecule has 1 saturated carbocycles. The molecule has 2 rings (SSSR count). The van der Waals surface area contributed by atoms with E-state index in [9.17, 15) is 4.79 Å². The van der Waals surface area contributed by atoms with Gasteiger partial charge in [0, 0.05) is 12.6 Å². The van der Waals surface area contributed by atoms with E-state index in [0.29, 0.717) is 29.7 Å². The number of methoxy groups -OCH3 is 1. The van der Waals surface area contributed by atoms with Gasteiger partial charge in [0.15, 0.2) is 5.82 Å². The molecule has 1 aromatic heterocycles. The summed E-state index contributed by atoms with van der Waals surface area (Å²) < 4.78 is 6.49. The van der Waals surface area contributed by atoms with E-state index in [1.807, 2.05) is 19.0 Å². The van der Waals surface area contributed by atoms with Crippen LogP contribution in [-0.4, -0.2) is 54.4 Å². The van der Waals surface area contributed by atoms with Crippen LogP contribution in [0.15, 0.2) is 0 Å². The predicted octanol–water partition coefficient (Wildman–Crippen LogP) is 1.02. The molecule has 0 aromatic carbocycles. The van der Waals surface area contributed by atoms with E-state index in [1.54, 1.807) is 4.68 Å². The first-order chi connectivity index (χ1) is 9.93. The van der Waals surface area contributed by atoms with Crippen LogP contribution < -0.4 is 11.1 Å². The van der Waals surface area contributed by atoms with Crippen molar-refractivity contribution in [3.8, 4) is 0 Å². The maximum absolute atomic E-state index is 12.0. The average molecular weight is 295 g/mol. The molecular weight excluding hydrogens is 270 g/mol. The molecule has 1 aliphatic rings. The number of esters is 1. The highest BCUT2D eigenvalue weighted by molar-refractivity contribution is 5.99. The Labute approximate surface area is 125 Å². The lowest BCUT2D eigenvalue weighted by molar-refractivity contribution is 0.0603. The fourth-order valence-corrected chi connectivity index (χ4v) is 2.27. The standard InChI is InChI=1S/C14H25N5O2/c1-9(10-5-6-10)16-13-11(14(20)21-4)12(15)19(17-13)8-7-18(2)3/h9-10H,5-8,15H2,1-4H3,(H,16,17). The Morgan fingerprint density at radius 1 is 1.57 bits per heavy atom. The lowest BCUT2D eigenvalue weighted by atomic mass is 10.2. The molecule has 118 valence electrons. The van der Waals surface area contributed by atoms with Crippen LogP contribution in [0.25, 0.3) is 0 Å². The highest BCUT2D eigenvalue weighted by Gasteiger charge is 2.31. The van der Waals surface area contributed by atoms with Gasteiger partial charge in [-0.2, -0.15) is 5.10 Å². The van der Waals surface area contributed by atoms with Gasteiger partial charge in [0.25, 0.3) is 0 Å². The number of aromatic nitrogens is 2. The Hall–Kier alpha value is -1.76. The number of nitrogens with one attached hydrogen (secondary N) is 1. The SMILES string of the molecule is COC(=O)c1c(NC(C)C2CC2)nn(CCN(C)C)c1N. The van der Waals surface area contributed by atoms with E-state index in [4.69, 9.17) is 10.5 Å². The van der Waals surface area contributed by atoms with Crippen LogP contribution in [-0.2, 0) is 11.3 Å². The zero-order chi connectivity index (χ0) is 15.6. The molecule has 3 N–H and O–H groups in total. The Balaban J connectivity index is 2.22. The molecule has 1 aliphatic carbocycles. The van der Waals surface area contributed by atoms with Gasteiger partial charge in [-0.05, 0) is 39.8 Å². The van der Waals surface area contributed by atoms with E-state index in [1.165, 1.54) is 20.0 Å². The van der Waals surface area contributed by atoms with Gasteiger partial charge >= 0.3 is 5.97 Å². The van der Waals surface area contributed by atoms with Crippen molar-refractivity contribution in [2.24, 2.45) is 5.92 Å². The molecule has 0 aliphatic heterocycles. The van der Waals surface area contributed by atoms with Gasteiger partial charge in [-0.25, -0.2) is 9.48 Å². The normalized spacial score (nSPS) is 16.0. The van der Waals surface area contributed by atoms with E-state index in [-0.39, 0.29) is 6.04 Å². The number of carbonyl (C=O) groups is 1. The largest absolute Gasteiger partial charge is 0.465 e. The summed E-state index contributed by atoms with van der Waals surface area (Å²) in [5, 5.41) is 7.76. The summed E-state index contributed by atoms with van der Waals surface area (Å²) in [5.41, 5.74) is 6.41. The summed E-state index contributed by atoms with van der Waals surface area (Å²) in [7, 11) is 5.32. The van der Waals surface area contributed by atoms with Crippen LogP contribution in [0.3, 0.4) is 0 Å². The quantitative estimate of drug-likeness (QED) is 0.731. The topological polar surface area (TPSA) is 85.4 Å². The second-order valence-corrected chi connectivity index (χ2v) is 5.90. The van der Waals surface area contributed by atoms with Gasteiger partial charge in [0.1, 0.15) is 11.4 Å². The van der Waals surface area contributed by atoms with Crippen LogP contribution >= 0.6 is 0 Å². The van der Waals surface area contributed by atoms with Crippen molar-refractivity contribution in [1.29, 1.82) is 0 Å². The average Bonchev–Trinajstić information content (AvgIpc) is 3.22. The molecule has 1 heterocycles. The molecule has 1 aromatic rings. The monoisotopic (exact) mass is 295 g/mol. The molecular formula is C14H25N5O2. The van der Waals surface area contributed by atoms with Crippen LogP contribution in [0, 0.1) is 5.92 Å². The van der Waals surface area contributed by atoms with Crippen LogP contribution in [0.4, 0.5) is 11.6 Å². The summed E-state index contributed by atoms with van der Waals surface area (Å²) in [4.78, 5) is 14.0.